The Bertz CT molecular complexity index is 640. The summed E-state index contributed by atoms with van der Waals surface area (Å²) in [5, 5.41) is 0.292. The molecule has 3 nitrogen and oxygen atoms in total. The van der Waals surface area contributed by atoms with E-state index in [1.165, 1.54) is 6.42 Å². The zero-order valence-corrected chi connectivity index (χ0v) is 18.8. The number of para-hydroxylation sites is 1. The van der Waals surface area contributed by atoms with Crippen molar-refractivity contribution in [1.82, 2.24) is 0 Å². The molecule has 0 bridgehead atoms. The SMILES string of the molecule is COc1ccccc1C(COCC(C)(C)[SiH](C)C)O[C@H]1C[C@H]2CC=C[C@H]2C1. The molecule has 0 amide bonds. The summed E-state index contributed by atoms with van der Waals surface area (Å²) in [6.45, 7) is 10.8. The molecule has 3 rings (SSSR count). The first-order valence-electron chi connectivity index (χ1n) is 10.4. The zero-order valence-electron chi connectivity index (χ0n) is 17.6. The van der Waals surface area contributed by atoms with E-state index in [1.54, 1.807) is 7.11 Å². The lowest BCUT2D eigenvalue weighted by molar-refractivity contribution is -0.0621. The highest BCUT2D eigenvalue weighted by molar-refractivity contribution is 6.59. The molecule has 1 aromatic rings. The van der Waals surface area contributed by atoms with Crippen LogP contribution in [0.25, 0.3) is 0 Å². The zero-order chi connectivity index (χ0) is 19.4. The van der Waals surface area contributed by atoms with Gasteiger partial charge in [0.15, 0.2) is 0 Å². The van der Waals surface area contributed by atoms with Crippen molar-refractivity contribution in [2.75, 3.05) is 20.3 Å². The number of methoxy groups -OCH3 is 1. The van der Waals surface area contributed by atoms with Gasteiger partial charge in [0.2, 0.25) is 0 Å². The molecule has 2 aliphatic rings. The third kappa shape index (κ3) is 5.04. The van der Waals surface area contributed by atoms with Crippen LogP contribution in [0.1, 0.15) is 44.8 Å². The summed E-state index contributed by atoms with van der Waals surface area (Å²) in [5.41, 5.74) is 1.10. The highest BCUT2D eigenvalue weighted by Crippen LogP contribution is 2.43. The van der Waals surface area contributed by atoms with Crippen molar-refractivity contribution in [2.45, 2.75) is 63.5 Å². The number of fused-ring (bicyclic) bond motifs is 1. The van der Waals surface area contributed by atoms with Gasteiger partial charge < -0.3 is 14.2 Å². The second-order valence-corrected chi connectivity index (χ2v) is 13.1. The summed E-state index contributed by atoms with van der Waals surface area (Å²) >= 11 is 0. The van der Waals surface area contributed by atoms with Gasteiger partial charge in [0.1, 0.15) is 11.9 Å². The van der Waals surface area contributed by atoms with Crippen molar-refractivity contribution in [2.24, 2.45) is 11.8 Å². The van der Waals surface area contributed by atoms with Crippen LogP contribution in [-0.4, -0.2) is 35.2 Å². The Hall–Kier alpha value is -1.10. The Morgan fingerprint density at radius 2 is 1.96 bits per heavy atom. The normalized spacial score (nSPS) is 25.8. The number of allylic oxidation sites excluding steroid dienone is 2. The fourth-order valence-corrected chi connectivity index (χ4v) is 4.56. The lowest BCUT2D eigenvalue weighted by Crippen LogP contribution is -2.28. The van der Waals surface area contributed by atoms with Gasteiger partial charge >= 0.3 is 0 Å². The Morgan fingerprint density at radius 1 is 1.19 bits per heavy atom. The van der Waals surface area contributed by atoms with Gasteiger partial charge in [0, 0.05) is 21.0 Å². The second-order valence-electron chi connectivity index (χ2n) is 9.21. The van der Waals surface area contributed by atoms with Crippen LogP contribution in [0.15, 0.2) is 36.4 Å². The van der Waals surface area contributed by atoms with Gasteiger partial charge in [-0.1, -0.05) is 57.3 Å². The number of ether oxygens (including phenoxy) is 3. The first kappa shape index (κ1) is 20.6. The van der Waals surface area contributed by atoms with E-state index in [4.69, 9.17) is 14.2 Å². The summed E-state index contributed by atoms with van der Waals surface area (Å²) in [4.78, 5) is 0. The molecule has 1 unspecified atom stereocenters. The molecule has 0 saturated heterocycles. The topological polar surface area (TPSA) is 27.7 Å². The number of hydrogen-bond donors (Lipinski definition) is 0. The predicted octanol–water partition coefficient (Wildman–Crippen LogP) is 5.39. The maximum absolute atomic E-state index is 6.62. The first-order valence-corrected chi connectivity index (χ1v) is 13.3. The third-order valence-electron chi connectivity index (χ3n) is 6.68. The van der Waals surface area contributed by atoms with Crippen LogP contribution in [0.2, 0.25) is 18.1 Å². The molecule has 0 N–H and O–H groups in total. The van der Waals surface area contributed by atoms with Crippen molar-refractivity contribution in [3.63, 3.8) is 0 Å². The van der Waals surface area contributed by atoms with Crippen molar-refractivity contribution in [1.29, 1.82) is 0 Å². The predicted molar refractivity (Wildman–Crippen MR) is 114 cm³/mol. The Morgan fingerprint density at radius 3 is 2.67 bits per heavy atom. The summed E-state index contributed by atoms with van der Waals surface area (Å²) < 4.78 is 18.5. The highest BCUT2D eigenvalue weighted by atomic mass is 28.3. The van der Waals surface area contributed by atoms with Gasteiger partial charge in [-0.2, -0.15) is 0 Å². The van der Waals surface area contributed by atoms with E-state index in [0.717, 1.165) is 36.7 Å². The van der Waals surface area contributed by atoms with Crippen molar-refractivity contribution in [3.05, 3.63) is 42.0 Å². The van der Waals surface area contributed by atoms with E-state index in [-0.39, 0.29) is 6.10 Å². The van der Waals surface area contributed by atoms with Crippen molar-refractivity contribution < 1.29 is 14.2 Å². The van der Waals surface area contributed by atoms with Gasteiger partial charge in [-0.25, -0.2) is 0 Å². The molecule has 150 valence electrons. The summed E-state index contributed by atoms with van der Waals surface area (Å²) in [7, 11) is 0.956. The minimum Gasteiger partial charge on any atom is -0.496 e. The smallest absolute Gasteiger partial charge is 0.124 e. The fraction of sp³-hybridized carbons (Fsp3) is 0.652. The maximum atomic E-state index is 6.62. The van der Waals surface area contributed by atoms with Gasteiger partial charge in [0.05, 0.1) is 19.8 Å². The maximum Gasteiger partial charge on any atom is 0.124 e. The monoisotopic (exact) mass is 388 g/mol. The van der Waals surface area contributed by atoms with Crippen LogP contribution in [0.3, 0.4) is 0 Å². The molecule has 0 heterocycles. The van der Waals surface area contributed by atoms with Gasteiger partial charge in [-0.3, -0.25) is 0 Å². The largest absolute Gasteiger partial charge is 0.496 e. The van der Waals surface area contributed by atoms with E-state index in [0.29, 0.717) is 23.7 Å². The average molecular weight is 389 g/mol. The number of benzene rings is 1. The summed E-state index contributed by atoms with van der Waals surface area (Å²) in [5.74, 6) is 2.38. The molecule has 1 saturated carbocycles. The molecule has 0 radical (unpaired) electrons. The van der Waals surface area contributed by atoms with Crippen LogP contribution in [-0.2, 0) is 9.47 Å². The number of hydrogen-bond acceptors (Lipinski definition) is 3. The summed E-state index contributed by atoms with van der Waals surface area (Å²) in [6, 6.07) is 8.21. The molecular weight excluding hydrogens is 352 g/mol. The first-order chi connectivity index (χ1) is 12.9. The van der Waals surface area contributed by atoms with Gasteiger partial charge in [0.25, 0.3) is 0 Å². The second kappa shape index (κ2) is 8.93. The number of rotatable bonds is 9. The Kier molecular flexibility index (Phi) is 6.82. The molecule has 0 aromatic heterocycles. The standard InChI is InChI=1S/C23H36O3Si/c1-23(2,27(4)5)16-25-15-22(20-11-6-7-12-21(20)24-3)26-19-13-17-9-8-10-18(17)14-19/h6-9,11-12,17-19,22,27H,10,13-16H2,1-5H3/t17-,18+,19+,22?/m0/s1. The van der Waals surface area contributed by atoms with Crippen LogP contribution in [0.5, 0.6) is 5.75 Å². The Balaban J connectivity index is 1.68. The van der Waals surface area contributed by atoms with Crippen LogP contribution < -0.4 is 4.74 Å². The van der Waals surface area contributed by atoms with Gasteiger partial charge in [-0.05, 0) is 42.2 Å². The Labute approximate surface area is 166 Å². The molecule has 1 aromatic carbocycles. The van der Waals surface area contributed by atoms with Gasteiger partial charge in [-0.15, -0.1) is 0 Å². The molecular formula is C23H36O3Si. The molecule has 2 aliphatic carbocycles. The van der Waals surface area contributed by atoms with Crippen LogP contribution in [0.4, 0.5) is 0 Å². The van der Waals surface area contributed by atoms with Crippen LogP contribution in [0, 0.1) is 11.8 Å². The minimum atomic E-state index is -0.775. The average Bonchev–Trinajstić information content (AvgIpc) is 3.22. The molecule has 0 spiro atoms. The van der Waals surface area contributed by atoms with E-state index < -0.39 is 8.80 Å². The molecule has 0 aliphatic heterocycles. The van der Waals surface area contributed by atoms with E-state index in [1.807, 2.05) is 12.1 Å². The van der Waals surface area contributed by atoms with Crippen LogP contribution >= 0.6 is 0 Å². The molecule has 4 atom stereocenters. The third-order valence-corrected chi connectivity index (χ3v) is 9.97. The highest BCUT2D eigenvalue weighted by Gasteiger charge is 2.37. The fourth-order valence-electron chi connectivity index (χ4n) is 4.11. The molecule has 4 heteroatoms. The minimum absolute atomic E-state index is 0.0708. The van der Waals surface area contributed by atoms with Crippen molar-refractivity contribution in [3.8, 4) is 5.75 Å². The molecule has 1 fully saturated rings. The quantitative estimate of drug-likeness (QED) is 0.419. The van der Waals surface area contributed by atoms with E-state index in [2.05, 4.69) is 51.2 Å². The lowest BCUT2D eigenvalue weighted by atomic mass is 10.0. The van der Waals surface area contributed by atoms with E-state index in [9.17, 15) is 0 Å². The van der Waals surface area contributed by atoms with E-state index >= 15 is 0 Å². The summed E-state index contributed by atoms with van der Waals surface area (Å²) in [6.07, 6.45) is 8.48. The van der Waals surface area contributed by atoms with Crippen molar-refractivity contribution >= 4 is 8.80 Å². The lowest BCUT2D eigenvalue weighted by Gasteiger charge is -2.30. The molecule has 27 heavy (non-hydrogen) atoms.